The van der Waals surface area contributed by atoms with Gasteiger partial charge in [-0.3, -0.25) is 0 Å². The Hall–Kier alpha value is -1.22. The quantitative estimate of drug-likeness (QED) is 0.739. The zero-order chi connectivity index (χ0) is 13.7. The molecule has 100 valence electrons. The Labute approximate surface area is 123 Å². The maximum atomic E-state index is 4.65. The molecule has 19 heavy (non-hydrogen) atoms. The third-order valence-corrected chi connectivity index (χ3v) is 3.38. The summed E-state index contributed by atoms with van der Waals surface area (Å²) in [5.41, 5.74) is 3.54. The smallest absolute Gasteiger partial charge is 0.130 e. The molecule has 0 saturated carbocycles. The summed E-state index contributed by atoms with van der Waals surface area (Å²) in [6, 6.07) is 10.6. The maximum absolute atomic E-state index is 4.65. The van der Waals surface area contributed by atoms with Gasteiger partial charge in [-0.2, -0.15) is 0 Å². The Bertz CT molecular complexity index is 552. The summed E-state index contributed by atoms with van der Waals surface area (Å²) in [4.78, 5) is 9.07. The van der Waals surface area contributed by atoms with Crippen LogP contribution in [0.4, 0.5) is 0 Å². The molecule has 0 aliphatic rings. The molecule has 1 heterocycles. The molecule has 1 aromatic carbocycles. The second-order valence-corrected chi connectivity index (χ2v) is 5.50. The number of benzene rings is 1. The Morgan fingerprint density at radius 1 is 1.00 bits per heavy atom. The first-order valence-corrected chi connectivity index (χ1v) is 7.65. The van der Waals surface area contributed by atoms with Gasteiger partial charge < -0.3 is 0 Å². The molecule has 0 amide bonds. The van der Waals surface area contributed by atoms with Crippen LogP contribution < -0.4 is 0 Å². The zero-order valence-electron chi connectivity index (χ0n) is 11.5. The van der Waals surface area contributed by atoms with Gasteiger partial charge in [0.25, 0.3) is 0 Å². The summed E-state index contributed by atoms with van der Waals surface area (Å²) in [6.07, 6.45) is 4.26. The van der Waals surface area contributed by atoms with Crippen LogP contribution >= 0.6 is 15.9 Å². The highest BCUT2D eigenvalue weighted by atomic mass is 79.9. The van der Waals surface area contributed by atoms with E-state index in [0.29, 0.717) is 0 Å². The predicted molar refractivity (Wildman–Crippen MR) is 83.2 cm³/mol. The number of aryl methyl sites for hydroxylation is 2. The number of rotatable bonds is 5. The van der Waals surface area contributed by atoms with Crippen LogP contribution in [0, 0.1) is 0 Å². The number of aromatic nitrogens is 2. The summed E-state index contributed by atoms with van der Waals surface area (Å²) in [5.74, 6) is 0.910. The molecular weight excluding hydrogens is 300 g/mol. The van der Waals surface area contributed by atoms with Crippen molar-refractivity contribution < 1.29 is 0 Å². The maximum Gasteiger partial charge on any atom is 0.130 e. The average molecular weight is 319 g/mol. The van der Waals surface area contributed by atoms with Crippen molar-refractivity contribution in [2.75, 3.05) is 0 Å². The molecule has 0 radical (unpaired) electrons. The fourth-order valence-corrected chi connectivity index (χ4v) is 2.54. The van der Waals surface area contributed by atoms with E-state index in [1.807, 2.05) is 6.07 Å². The fourth-order valence-electron chi connectivity index (χ4n) is 2.12. The third kappa shape index (κ3) is 3.87. The highest BCUT2D eigenvalue weighted by Crippen LogP contribution is 2.22. The van der Waals surface area contributed by atoms with Crippen molar-refractivity contribution in [3.8, 4) is 11.3 Å². The summed E-state index contributed by atoms with van der Waals surface area (Å²) < 4.78 is 0.863. The van der Waals surface area contributed by atoms with Crippen LogP contribution in [0.25, 0.3) is 11.3 Å². The number of halogens is 1. The Balaban J connectivity index is 2.37. The van der Waals surface area contributed by atoms with Crippen LogP contribution in [0.1, 0.15) is 38.1 Å². The molecule has 3 heteroatoms. The van der Waals surface area contributed by atoms with E-state index in [9.17, 15) is 0 Å². The van der Waals surface area contributed by atoms with Crippen LogP contribution in [-0.4, -0.2) is 9.97 Å². The fraction of sp³-hybridized carbons (Fsp3) is 0.375. The summed E-state index contributed by atoms with van der Waals surface area (Å²) >= 11 is 3.48. The topological polar surface area (TPSA) is 25.8 Å². The summed E-state index contributed by atoms with van der Waals surface area (Å²) in [6.45, 7) is 4.35. The lowest BCUT2D eigenvalue weighted by molar-refractivity contribution is 0.831. The van der Waals surface area contributed by atoms with Gasteiger partial charge in [-0.1, -0.05) is 38.5 Å². The van der Waals surface area contributed by atoms with E-state index in [2.05, 4.69) is 64.0 Å². The van der Waals surface area contributed by atoms with E-state index in [4.69, 9.17) is 0 Å². The van der Waals surface area contributed by atoms with Crippen LogP contribution in [0.15, 0.2) is 34.9 Å². The highest BCUT2D eigenvalue weighted by Gasteiger charge is 2.05. The largest absolute Gasteiger partial charge is 0.233 e. The van der Waals surface area contributed by atoms with Crippen molar-refractivity contribution >= 4 is 15.9 Å². The molecule has 0 N–H and O–H groups in total. The van der Waals surface area contributed by atoms with Crippen LogP contribution in [-0.2, 0) is 12.8 Å². The summed E-state index contributed by atoms with van der Waals surface area (Å²) in [7, 11) is 0. The van der Waals surface area contributed by atoms with Gasteiger partial charge in [0.1, 0.15) is 10.4 Å². The van der Waals surface area contributed by atoms with E-state index < -0.39 is 0 Å². The van der Waals surface area contributed by atoms with Crippen molar-refractivity contribution in [1.82, 2.24) is 9.97 Å². The van der Waals surface area contributed by atoms with Gasteiger partial charge in [0.15, 0.2) is 0 Å². The standard InChI is InChI=1S/C16H19BrN2/c1-3-6-12-8-5-9-13(10-12)14-11-15(17)19-16(18-14)7-4-2/h5,8-11H,3-4,6-7H2,1-2H3. The molecule has 2 aromatic rings. The number of hydrogen-bond acceptors (Lipinski definition) is 2. The average Bonchev–Trinajstić information content (AvgIpc) is 2.39. The van der Waals surface area contributed by atoms with Gasteiger partial charge in [0.05, 0.1) is 5.69 Å². The Morgan fingerprint density at radius 2 is 1.79 bits per heavy atom. The summed E-state index contributed by atoms with van der Waals surface area (Å²) in [5, 5.41) is 0. The lowest BCUT2D eigenvalue weighted by atomic mass is 10.0. The number of nitrogens with zero attached hydrogens (tertiary/aromatic N) is 2. The Morgan fingerprint density at radius 3 is 2.53 bits per heavy atom. The number of hydrogen-bond donors (Lipinski definition) is 0. The van der Waals surface area contributed by atoms with Crippen molar-refractivity contribution in [1.29, 1.82) is 0 Å². The van der Waals surface area contributed by atoms with E-state index in [1.165, 1.54) is 11.1 Å². The van der Waals surface area contributed by atoms with E-state index >= 15 is 0 Å². The molecule has 0 bridgehead atoms. The van der Waals surface area contributed by atoms with Gasteiger partial charge in [-0.05, 0) is 46.5 Å². The van der Waals surface area contributed by atoms with Crippen molar-refractivity contribution in [3.05, 3.63) is 46.3 Å². The minimum Gasteiger partial charge on any atom is -0.233 e. The molecule has 0 fully saturated rings. The first-order chi connectivity index (χ1) is 9.22. The van der Waals surface area contributed by atoms with Crippen molar-refractivity contribution in [2.24, 2.45) is 0 Å². The van der Waals surface area contributed by atoms with Crippen molar-refractivity contribution in [2.45, 2.75) is 39.5 Å². The predicted octanol–water partition coefficient (Wildman–Crippen LogP) is 4.81. The van der Waals surface area contributed by atoms with E-state index in [1.54, 1.807) is 0 Å². The van der Waals surface area contributed by atoms with Gasteiger partial charge in [0.2, 0.25) is 0 Å². The van der Waals surface area contributed by atoms with Gasteiger partial charge >= 0.3 is 0 Å². The van der Waals surface area contributed by atoms with Gasteiger partial charge in [0, 0.05) is 12.0 Å². The van der Waals surface area contributed by atoms with Crippen LogP contribution in [0.5, 0.6) is 0 Å². The van der Waals surface area contributed by atoms with E-state index in [0.717, 1.165) is 41.8 Å². The lowest BCUT2D eigenvalue weighted by Gasteiger charge is -2.07. The lowest BCUT2D eigenvalue weighted by Crippen LogP contribution is -1.97. The molecule has 2 nitrogen and oxygen atoms in total. The van der Waals surface area contributed by atoms with Gasteiger partial charge in [-0.15, -0.1) is 0 Å². The third-order valence-electron chi connectivity index (χ3n) is 2.98. The molecule has 0 saturated heterocycles. The zero-order valence-corrected chi connectivity index (χ0v) is 13.1. The highest BCUT2D eigenvalue weighted by molar-refractivity contribution is 9.10. The SMILES string of the molecule is CCCc1cccc(-c2cc(Br)nc(CCC)n2)c1. The van der Waals surface area contributed by atoms with E-state index in [-0.39, 0.29) is 0 Å². The van der Waals surface area contributed by atoms with Gasteiger partial charge in [-0.25, -0.2) is 9.97 Å². The first-order valence-electron chi connectivity index (χ1n) is 6.85. The molecular formula is C16H19BrN2. The second kappa shape index (κ2) is 6.80. The molecule has 0 aliphatic heterocycles. The monoisotopic (exact) mass is 318 g/mol. The Kier molecular flexibility index (Phi) is 5.08. The molecule has 1 aromatic heterocycles. The van der Waals surface area contributed by atoms with Crippen molar-refractivity contribution in [3.63, 3.8) is 0 Å². The minimum absolute atomic E-state index is 0.863. The molecule has 0 aliphatic carbocycles. The normalized spacial score (nSPS) is 10.7. The first kappa shape index (κ1) is 14.2. The van der Waals surface area contributed by atoms with Crippen LogP contribution in [0.3, 0.4) is 0 Å². The molecule has 0 unspecified atom stereocenters. The molecule has 0 spiro atoms. The molecule has 0 atom stereocenters. The molecule has 2 rings (SSSR count). The second-order valence-electron chi connectivity index (χ2n) is 4.69. The minimum atomic E-state index is 0.863. The van der Waals surface area contributed by atoms with Crippen LogP contribution in [0.2, 0.25) is 0 Å².